The average Bonchev–Trinajstić information content (AvgIpc) is 3.36. The van der Waals surface area contributed by atoms with Crippen molar-refractivity contribution in [1.82, 2.24) is 15.1 Å². The Bertz CT molecular complexity index is 1050. The lowest BCUT2D eigenvalue weighted by molar-refractivity contribution is 0.0921. The number of hydrogen-bond acceptors (Lipinski definition) is 5. The molecule has 0 saturated heterocycles. The van der Waals surface area contributed by atoms with Crippen LogP contribution in [0.25, 0.3) is 11.0 Å². The van der Waals surface area contributed by atoms with E-state index in [4.69, 9.17) is 8.83 Å². The summed E-state index contributed by atoms with van der Waals surface area (Å²) in [6.07, 6.45) is 5.01. The number of carbonyl (C=O) groups excluding carboxylic acids is 1. The lowest BCUT2D eigenvalue weighted by atomic mass is 10.2. The molecular weight excluding hydrogens is 334 g/mol. The van der Waals surface area contributed by atoms with E-state index in [9.17, 15) is 9.59 Å². The molecule has 3 heterocycles. The normalized spacial score (nSPS) is 12.2. The van der Waals surface area contributed by atoms with Crippen molar-refractivity contribution >= 4 is 16.9 Å². The van der Waals surface area contributed by atoms with Crippen LogP contribution >= 0.6 is 0 Å². The van der Waals surface area contributed by atoms with Gasteiger partial charge in [0, 0.05) is 25.0 Å². The molecule has 0 spiro atoms. The van der Waals surface area contributed by atoms with Gasteiger partial charge >= 0.3 is 0 Å². The quantitative estimate of drug-likeness (QED) is 0.598. The van der Waals surface area contributed by atoms with Crippen LogP contribution in [0.1, 0.15) is 22.4 Å². The van der Waals surface area contributed by atoms with E-state index in [0.29, 0.717) is 16.7 Å². The number of rotatable bonds is 5. The highest BCUT2D eigenvalue weighted by atomic mass is 16.3. The predicted octanol–water partition coefficient (Wildman–Crippen LogP) is 2.60. The average molecular weight is 349 g/mol. The minimum Gasteiger partial charge on any atom is -0.467 e. The fourth-order valence-electron chi connectivity index (χ4n) is 2.76. The van der Waals surface area contributed by atoms with E-state index in [1.54, 1.807) is 59.7 Å². The maximum absolute atomic E-state index is 12.5. The molecule has 0 aliphatic rings. The van der Waals surface area contributed by atoms with Crippen LogP contribution in [-0.4, -0.2) is 22.2 Å². The molecular formula is C19H15N3O4. The van der Waals surface area contributed by atoms with E-state index < -0.39 is 5.91 Å². The monoisotopic (exact) mass is 349 g/mol. The van der Waals surface area contributed by atoms with E-state index in [2.05, 4.69) is 10.4 Å². The summed E-state index contributed by atoms with van der Waals surface area (Å²) in [6, 6.07) is 13.1. The van der Waals surface area contributed by atoms with Gasteiger partial charge in [-0.1, -0.05) is 12.1 Å². The van der Waals surface area contributed by atoms with Crippen molar-refractivity contribution in [2.45, 2.75) is 6.04 Å². The second kappa shape index (κ2) is 6.72. The van der Waals surface area contributed by atoms with Crippen molar-refractivity contribution in [3.05, 3.63) is 88.9 Å². The van der Waals surface area contributed by atoms with Crippen molar-refractivity contribution < 1.29 is 13.6 Å². The number of para-hydroxylation sites is 1. The largest absolute Gasteiger partial charge is 0.467 e. The molecule has 0 unspecified atom stereocenters. The van der Waals surface area contributed by atoms with Gasteiger partial charge in [-0.3, -0.25) is 14.3 Å². The van der Waals surface area contributed by atoms with E-state index >= 15 is 0 Å². The standard InChI is InChI=1S/C19H15N3O4/c23-15-11-18(26-16-6-2-1-5-13(15)16)19(24)20-12-14(17-7-3-10-25-17)22-9-4-8-21-22/h1-11,14H,12H2,(H,20,24)/t14-/m1/s1. The van der Waals surface area contributed by atoms with E-state index in [-0.39, 0.29) is 23.8 Å². The molecule has 0 aliphatic heterocycles. The van der Waals surface area contributed by atoms with Crippen molar-refractivity contribution in [3.63, 3.8) is 0 Å². The molecule has 7 nitrogen and oxygen atoms in total. The van der Waals surface area contributed by atoms with Gasteiger partial charge in [-0.05, 0) is 30.3 Å². The number of fused-ring (bicyclic) bond motifs is 1. The molecule has 4 aromatic rings. The molecule has 0 aliphatic carbocycles. The Morgan fingerprint density at radius 3 is 2.85 bits per heavy atom. The molecule has 1 aromatic carbocycles. The maximum Gasteiger partial charge on any atom is 0.287 e. The Kier molecular flexibility index (Phi) is 4.10. The van der Waals surface area contributed by atoms with Gasteiger partial charge in [0.05, 0.1) is 11.6 Å². The Balaban J connectivity index is 1.57. The Hall–Kier alpha value is -3.61. The van der Waals surface area contributed by atoms with Gasteiger partial charge < -0.3 is 14.2 Å². The zero-order chi connectivity index (χ0) is 17.9. The Morgan fingerprint density at radius 1 is 1.19 bits per heavy atom. The number of carbonyl (C=O) groups is 1. The van der Waals surface area contributed by atoms with Gasteiger partial charge in [0.15, 0.2) is 11.2 Å². The minimum atomic E-state index is -0.475. The van der Waals surface area contributed by atoms with Crippen molar-refractivity contribution in [2.75, 3.05) is 6.54 Å². The topological polar surface area (TPSA) is 90.3 Å². The number of amides is 1. The molecule has 1 atom stereocenters. The number of hydrogen-bond donors (Lipinski definition) is 1. The summed E-state index contributed by atoms with van der Waals surface area (Å²) in [5.41, 5.74) is 0.117. The first-order chi connectivity index (χ1) is 12.7. The summed E-state index contributed by atoms with van der Waals surface area (Å²) in [5.74, 6) is 0.151. The summed E-state index contributed by atoms with van der Waals surface area (Å²) >= 11 is 0. The molecule has 4 rings (SSSR count). The van der Waals surface area contributed by atoms with Crippen LogP contribution in [0.2, 0.25) is 0 Å². The number of furan rings is 1. The fraction of sp³-hybridized carbons (Fsp3) is 0.105. The smallest absolute Gasteiger partial charge is 0.287 e. The van der Waals surface area contributed by atoms with Gasteiger partial charge in [0.1, 0.15) is 17.4 Å². The molecule has 0 saturated carbocycles. The first-order valence-electron chi connectivity index (χ1n) is 8.06. The lowest BCUT2D eigenvalue weighted by Gasteiger charge is -2.16. The van der Waals surface area contributed by atoms with Crippen LogP contribution in [0.15, 0.2) is 80.8 Å². The summed E-state index contributed by atoms with van der Waals surface area (Å²) in [5, 5.41) is 7.42. The third kappa shape index (κ3) is 3.02. The molecule has 0 radical (unpaired) electrons. The molecule has 1 N–H and O–H groups in total. The third-order valence-corrected chi connectivity index (χ3v) is 4.03. The summed E-state index contributed by atoms with van der Waals surface area (Å²) in [6.45, 7) is 0.227. The second-order valence-corrected chi connectivity index (χ2v) is 5.70. The third-order valence-electron chi connectivity index (χ3n) is 4.03. The van der Waals surface area contributed by atoms with Crippen LogP contribution < -0.4 is 10.7 Å². The van der Waals surface area contributed by atoms with Crippen LogP contribution in [0, 0.1) is 0 Å². The fourth-order valence-corrected chi connectivity index (χ4v) is 2.76. The Labute approximate surface area is 147 Å². The first kappa shape index (κ1) is 15.9. The van der Waals surface area contributed by atoms with Gasteiger partial charge in [0.25, 0.3) is 5.91 Å². The zero-order valence-corrected chi connectivity index (χ0v) is 13.7. The summed E-state index contributed by atoms with van der Waals surface area (Å²) in [4.78, 5) is 24.6. The van der Waals surface area contributed by atoms with Crippen molar-refractivity contribution in [1.29, 1.82) is 0 Å². The SMILES string of the molecule is O=C(NC[C@H](c1ccco1)n1cccn1)c1cc(=O)c2ccccc2o1. The number of benzene rings is 1. The van der Waals surface area contributed by atoms with Crippen LogP contribution in [0.5, 0.6) is 0 Å². The highest BCUT2D eigenvalue weighted by Gasteiger charge is 2.19. The first-order valence-corrected chi connectivity index (χ1v) is 8.06. The maximum atomic E-state index is 12.5. The van der Waals surface area contributed by atoms with Crippen molar-refractivity contribution in [3.8, 4) is 0 Å². The van der Waals surface area contributed by atoms with Gasteiger partial charge in [-0.15, -0.1) is 0 Å². The van der Waals surface area contributed by atoms with E-state index in [0.717, 1.165) is 0 Å². The number of nitrogens with zero attached hydrogens (tertiary/aromatic N) is 2. The highest BCUT2D eigenvalue weighted by molar-refractivity contribution is 5.93. The van der Waals surface area contributed by atoms with Crippen molar-refractivity contribution in [2.24, 2.45) is 0 Å². The second-order valence-electron chi connectivity index (χ2n) is 5.70. The summed E-state index contributed by atoms with van der Waals surface area (Å²) < 4.78 is 12.7. The zero-order valence-electron chi connectivity index (χ0n) is 13.7. The molecule has 130 valence electrons. The lowest BCUT2D eigenvalue weighted by Crippen LogP contribution is -2.31. The molecule has 26 heavy (non-hydrogen) atoms. The molecule has 0 bridgehead atoms. The van der Waals surface area contributed by atoms with Gasteiger partial charge in [-0.25, -0.2) is 0 Å². The minimum absolute atomic E-state index is 0.0349. The number of nitrogens with one attached hydrogen (secondary N) is 1. The number of aromatic nitrogens is 2. The molecule has 3 aromatic heterocycles. The molecule has 7 heteroatoms. The molecule has 0 fully saturated rings. The van der Waals surface area contributed by atoms with E-state index in [1.807, 2.05) is 6.07 Å². The molecule has 1 amide bonds. The van der Waals surface area contributed by atoms with E-state index in [1.165, 1.54) is 6.07 Å². The van der Waals surface area contributed by atoms with Gasteiger partial charge in [0.2, 0.25) is 0 Å². The van der Waals surface area contributed by atoms with Crippen LogP contribution in [0.3, 0.4) is 0 Å². The Morgan fingerprint density at radius 2 is 2.08 bits per heavy atom. The van der Waals surface area contributed by atoms with Crippen LogP contribution in [0.4, 0.5) is 0 Å². The van der Waals surface area contributed by atoms with Gasteiger partial charge in [-0.2, -0.15) is 5.10 Å². The highest BCUT2D eigenvalue weighted by Crippen LogP contribution is 2.17. The van der Waals surface area contributed by atoms with Crippen LogP contribution in [-0.2, 0) is 0 Å². The predicted molar refractivity (Wildman–Crippen MR) is 93.9 cm³/mol. The summed E-state index contributed by atoms with van der Waals surface area (Å²) in [7, 11) is 0.